The van der Waals surface area contributed by atoms with Crippen LogP contribution in [0.25, 0.3) is 15.9 Å². The highest BCUT2D eigenvalue weighted by molar-refractivity contribution is 7.98. The Hall–Kier alpha value is -2.61. The van der Waals surface area contributed by atoms with E-state index in [0.717, 1.165) is 10.4 Å². The maximum atomic E-state index is 13.7. The topological polar surface area (TPSA) is 72.2 Å². The largest absolute Gasteiger partial charge is 0.481 e. The molecule has 0 unspecified atom stereocenters. The van der Waals surface area contributed by atoms with Gasteiger partial charge < -0.3 is 5.11 Å². The van der Waals surface area contributed by atoms with Gasteiger partial charge in [0.15, 0.2) is 5.16 Å². The van der Waals surface area contributed by atoms with Crippen molar-refractivity contribution in [3.05, 3.63) is 86.0 Å². The van der Waals surface area contributed by atoms with Crippen molar-refractivity contribution in [1.29, 1.82) is 0 Å². The summed E-state index contributed by atoms with van der Waals surface area (Å²) >= 11 is 8.91. The fraction of sp³-hybridized carbons (Fsp3) is 0.174. The molecule has 2 aromatic carbocycles. The van der Waals surface area contributed by atoms with Crippen LogP contribution in [-0.4, -0.2) is 20.6 Å². The monoisotopic (exact) mass is 468 g/mol. The molecule has 0 spiro atoms. The standard InChI is InChI=1S/C23H17ClN2O3S2/c24-14-8-6-13(7-9-14)12-30-23-25-20-19(18-16(22(28)29)10-11-17(18)31-20)21(27)26(23)15-4-2-1-3-5-15/h1-9,16H,10-12H2,(H,28,29)/t16-/m0/s1. The summed E-state index contributed by atoms with van der Waals surface area (Å²) in [5.41, 5.74) is 2.23. The second-order valence-electron chi connectivity index (χ2n) is 7.33. The van der Waals surface area contributed by atoms with Gasteiger partial charge in [-0.3, -0.25) is 14.2 Å². The fourth-order valence-electron chi connectivity index (χ4n) is 3.95. The molecule has 2 aromatic heterocycles. The molecular weight excluding hydrogens is 452 g/mol. The molecule has 1 N–H and O–H groups in total. The van der Waals surface area contributed by atoms with E-state index in [1.807, 2.05) is 54.6 Å². The number of aromatic nitrogens is 2. The van der Waals surface area contributed by atoms with E-state index in [1.165, 1.54) is 23.1 Å². The molecule has 0 fully saturated rings. The number of thioether (sulfide) groups is 1. The number of carbonyl (C=O) groups is 1. The highest BCUT2D eigenvalue weighted by atomic mass is 35.5. The highest BCUT2D eigenvalue weighted by Crippen LogP contribution is 2.43. The molecular formula is C23H17ClN2O3S2. The lowest BCUT2D eigenvalue weighted by Crippen LogP contribution is -2.22. The van der Waals surface area contributed by atoms with Gasteiger partial charge in [-0.25, -0.2) is 4.98 Å². The van der Waals surface area contributed by atoms with E-state index in [0.29, 0.717) is 50.2 Å². The molecule has 2 heterocycles. The third kappa shape index (κ3) is 3.67. The van der Waals surface area contributed by atoms with Crippen molar-refractivity contribution in [2.45, 2.75) is 29.7 Å². The Kier molecular flexibility index (Phi) is 5.33. The number of para-hydroxylation sites is 1. The normalized spacial score (nSPS) is 15.3. The first-order valence-corrected chi connectivity index (χ1v) is 11.9. The molecule has 5 rings (SSSR count). The number of aryl methyl sites for hydroxylation is 1. The number of hydrogen-bond acceptors (Lipinski definition) is 5. The molecule has 0 saturated heterocycles. The van der Waals surface area contributed by atoms with E-state index < -0.39 is 11.9 Å². The summed E-state index contributed by atoms with van der Waals surface area (Å²) in [6.07, 6.45) is 1.20. The first-order valence-electron chi connectivity index (χ1n) is 9.76. The van der Waals surface area contributed by atoms with Crippen molar-refractivity contribution in [1.82, 2.24) is 9.55 Å². The zero-order chi connectivity index (χ0) is 21.5. The molecule has 0 amide bonds. The van der Waals surface area contributed by atoms with Gasteiger partial charge in [0.2, 0.25) is 0 Å². The fourth-order valence-corrected chi connectivity index (χ4v) is 6.33. The molecule has 0 saturated carbocycles. The zero-order valence-electron chi connectivity index (χ0n) is 16.2. The Morgan fingerprint density at radius 3 is 2.65 bits per heavy atom. The summed E-state index contributed by atoms with van der Waals surface area (Å²) in [5, 5.41) is 11.4. The minimum Gasteiger partial charge on any atom is -0.481 e. The molecule has 0 aliphatic heterocycles. The highest BCUT2D eigenvalue weighted by Gasteiger charge is 2.34. The number of fused-ring (bicyclic) bond motifs is 3. The number of aliphatic carboxylic acids is 1. The van der Waals surface area contributed by atoms with E-state index >= 15 is 0 Å². The first-order chi connectivity index (χ1) is 15.0. The number of carboxylic acids is 1. The predicted octanol–water partition coefficient (Wildman–Crippen LogP) is 5.51. The SMILES string of the molecule is O=C(O)[C@H]1CCc2sc3nc(SCc4ccc(Cl)cc4)n(-c4ccccc4)c(=O)c3c21. The van der Waals surface area contributed by atoms with Gasteiger partial charge in [0.25, 0.3) is 5.56 Å². The summed E-state index contributed by atoms with van der Waals surface area (Å²) in [5.74, 6) is -0.898. The Balaban J connectivity index is 1.67. The van der Waals surface area contributed by atoms with Crippen molar-refractivity contribution in [3.63, 3.8) is 0 Å². The van der Waals surface area contributed by atoms with Crippen molar-refractivity contribution in [3.8, 4) is 5.69 Å². The van der Waals surface area contributed by atoms with Gasteiger partial charge in [0.1, 0.15) is 4.83 Å². The maximum absolute atomic E-state index is 13.7. The summed E-state index contributed by atoms with van der Waals surface area (Å²) in [4.78, 5) is 31.9. The Morgan fingerprint density at radius 2 is 1.94 bits per heavy atom. The number of thiophene rings is 1. The van der Waals surface area contributed by atoms with Gasteiger partial charge in [-0.15, -0.1) is 11.3 Å². The molecule has 1 aliphatic rings. The second kappa shape index (κ2) is 8.15. The molecule has 8 heteroatoms. The van der Waals surface area contributed by atoms with Crippen LogP contribution in [0.2, 0.25) is 5.02 Å². The van der Waals surface area contributed by atoms with Gasteiger partial charge >= 0.3 is 5.97 Å². The Morgan fingerprint density at radius 1 is 1.19 bits per heavy atom. The maximum Gasteiger partial charge on any atom is 0.311 e. The summed E-state index contributed by atoms with van der Waals surface area (Å²) in [7, 11) is 0. The molecule has 4 aromatic rings. The van der Waals surface area contributed by atoms with Crippen molar-refractivity contribution >= 4 is 50.9 Å². The van der Waals surface area contributed by atoms with Crippen molar-refractivity contribution in [2.75, 3.05) is 0 Å². The van der Waals surface area contributed by atoms with E-state index in [2.05, 4.69) is 0 Å². The lowest BCUT2D eigenvalue weighted by atomic mass is 10.0. The van der Waals surface area contributed by atoms with Crippen LogP contribution in [0.1, 0.15) is 28.3 Å². The zero-order valence-corrected chi connectivity index (χ0v) is 18.6. The third-order valence-corrected chi connectivity index (χ3v) is 7.83. The molecule has 0 radical (unpaired) electrons. The second-order valence-corrected chi connectivity index (χ2v) is 9.80. The van der Waals surface area contributed by atoms with Crippen LogP contribution in [-0.2, 0) is 17.0 Å². The Labute approximate surface area is 191 Å². The number of rotatable bonds is 5. The number of carboxylic acid groups (broad SMARTS) is 1. The molecule has 156 valence electrons. The van der Waals surface area contributed by atoms with Gasteiger partial charge in [0.05, 0.1) is 17.0 Å². The van der Waals surface area contributed by atoms with Crippen LogP contribution in [0.15, 0.2) is 64.5 Å². The van der Waals surface area contributed by atoms with E-state index in [9.17, 15) is 14.7 Å². The third-order valence-electron chi connectivity index (χ3n) is 5.41. The van der Waals surface area contributed by atoms with Crippen molar-refractivity contribution < 1.29 is 9.90 Å². The Bertz CT molecular complexity index is 1350. The van der Waals surface area contributed by atoms with Crippen LogP contribution in [0.4, 0.5) is 0 Å². The minimum atomic E-state index is -0.884. The molecule has 1 atom stereocenters. The molecule has 1 aliphatic carbocycles. The summed E-state index contributed by atoms with van der Waals surface area (Å²) in [6.45, 7) is 0. The lowest BCUT2D eigenvalue weighted by molar-refractivity contribution is -0.138. The van der Waals surface area contributed by atoms with Gasteiger partial charge in [-0.2, -0.15) is 0 Å². The number of halogens is 1. The summed E-state index contributed by atoms with van der Waals surface area (Å²) in [6, 6.07) is 17.0. The average Bonchev–Trinajstić information content (AvgIpc) is 3.33. The van der Waals surface area contributed by atoms with Crippen LogP contribution < -0.4 is 5.56 Å². The van der Waals surface area contributed by atoms with Gasteiger partial charge in [-0.1, -0.05) is 53.7 Å². The number of nitrogens with zero attached hydrogens (tertiary/aromatic N) is 2. The number of benzene rings is 2. The molecule has 5 nitrogen and oxygen atoms in total. The first kappa shape index (κ1) is 20.3. The summed E-state index contributed by atoms with van der Waals surface area (Å²) < 4.78 is 1.60. The minimum absolute atomic E-state index is 0.208. The molecule has 31 heavy (non-hydrogen) atoms. The van der Waals surface area contributed by atoms with Crippen LogP contribution in [0.3, 0.4) is 0 Å². The van der Waals surface area contributed by atoms with Crippen molar-refractivity contribution in [2.24, 2.45) is 0 Å². The van der Waals surface area contributed by atoms with E-state index in [-0.39, 0.29) is 5.56 Å². The van der Waals surface area contributed by atoms with E-state index in [1.54, 1.807) is 4.57 Å². The predicted molar refractivity (Wildman–Crippen MR) is 125 cm³/mol. The smallest absolute Gasteiger partial charge is 0.311 e. The van der Waals surface area contributed by atoms with Crippen LogP contribution in [0.5, 0.6) is 0 Å². The van der Waals surface area contributed by atoms with Crippen LogP contribution in [0, 0.1) is 0 Å². The van der Waals surface area contributed by atoms with Gasteiger partial charge in [0, 0.05) is 15.7 Å². The quantitative estimate of drug-likeness (QED) is 0.309. The number of hydrogen-bond donors (Lipinski definition) is 1. The van der Waals surface area contributed by atoms with E-state index in [4.69, 9.17) is 16.6 Å². The van der Waals surface area contributed by atoms with Gasteiger partial charge in [-0.05, 0) is 48.2 Å². The molecule has 0 bridgehead atoms. The average molecular weight is 469 g/mol. The lowest BCUT2D eigenvalue weighted by Gasteiger charge is -2.13. The van der Waals surface area contributed by atoms with Crippen LogP contribution >= 0.6 is 34.7 Å².